The van der Waals surface area contributed by atoms with Crippen LogP contribution in [0.5, 0.6) is 0 Å². The molecule has 0 fully saturated rings. The van der Waals surface area contributed by atoms with Crippen molar-refractivity contribution < 1.29 is 14.7 Å². The summed E-state index contributed by atoms with van der Waals surface area (Å²) in [7, 11) is 1.57. The zero-order valence-corrected chi connectivity index (χ0v) is 9.56. The van der Waals surface area contributed by atoms with Crippen LogP contribution < -0.4 is 5.48 Å². The topological polar surface area (TPSA) is 58.6 Å². The fourth-order valence-corrected chi connectivity index (χ4v) is 1.39. The Hall–Kier alpha value is -1.39. The maximum absolute atomic E-state index is 10.7. The molecule has 2 N–H and O–H groups in total. The van der Waals surface area contributed by atoms with Crippen molar-refractivity contribution in [1.29, 1.82) is 0 Å². The van der Waals surface area contributed by atoms with Crippen LogP contribution in [0.4, 0.5) is 0 Å². The molecule has 4 heteroatoms. The molecule has 0 aliphatic heterocycles. The summed E-state index contributed by atoms with van der Waals surface area (Å²) in [4.78, 5) is 15.4. The molecular formula is C12H17NO3. The highest BCUT2D eigenvalue weighted by molar-refractivity contribution is 5.69. The van der Waals surface area contributed by atoms with Crippen LogP contribution in [-0.2, 0) is 22.6 Å². The van der Waals surface area contributed by atoms with Gasteiger partial charge in [0, 0.05) is 6.54 Å². The number of rotatable bonds is 6. The Morgan fingerprint density at radius 2 is 1.94 bits per heavy atom. The molecule has 0 saturated heterocycles. The summed E-state index contributed by atoms with van der Waals surface area (Å²) in [5.74, 6) is -1.10. The second-order valence-corrected chi connectivity index (χ2v) is 3.79. The van der Waals surface area contributed by atoms with Gasteiger partial charge in [0.1, 0.15) is 0 Å². The highest BCUT2D eigenvalue weighted by Crippen LogP contribution is 2.10. The molecule has 0 aliphatic rings. The molecule has 1 aromatic carbocycles. The van der Waals surface area contributed by atoms with Crippen molar-refractivity contribution in [3.63, 3.8) is 0 Å². The molecular weight excluding hydrogens is 206 g/mol. The lowest BCUT2D eigenvalue weighted by Gasteiger charge is -2.07. The fraction of sp³-hybridized carbons (Fsp3) is 0.417. The predicted octanol–water partition coefficient (Wildman–Crippen LogP) is 1.60. The average Bonchev–Trinajstić information content (AvgIpc) is 2.28. The molecule has 88 valence electrons. The number of hydroxylamine groups is 1. The van der Waals surface area contributed by atoms with Gasteiger partial charge in [-0.1, -0.05) is 31.2 Å². The van der Waals surface area contributed by atoms with Gasteiger partial charge in [0.05, 0.1) is 13.0 Å². The SMILES string of the molecule is CONCc1ccc(CC(C)C(=O)O)cc1. The van der Waals surface area contributed by atoms with Crippen LogP contribution >= 0.6 is 0 Å². The standard InChI is InChI=1S/C12H17NO3/c1-9(12(14)15)7-10-3-5-11(6-4-10)8-13-16-2/h3-6,9,13H,7-8H2,1-2H3,(H,14,15). The zero-order valence-electron chi connectivity index (χ0n) is 9.56. The first kappa shape index (κ1) is 12.7. The van der Waals surface area contributed by atoms with Gasteiger partial charge in [-0.05, 0) is 17.5 Å². The fourth-order valence-electron chi connectivity index (χ4n) is 1.39. The van der Waals surface area contributed by atoms with Crippen molar-refractivity contribution in [1.82, 2.24) is 5.48 Å². The molecule has 0 saturated carbocycles. The molecule has 4 nitrogen and oxygen atoms in total. The molecule has 16 heavy (non-hydrogen) atoms. The Labute approximate surface area is 95.2 Å². The van der Waals surface area contributed by atoms with Crippen LogP contribution in [0.1, 0.15) is 18.1 Å². The molecule has 0 aromatic heterocycles. The Morgan fingerprint density at radius 3 is 2.44 bits per heavy atom. The Morgan fingerprint density at radius 1 is 1.38 bits per heavy atom. The van der Waals surface area contributed by atoms with Crippen molar-refractivity contribution in [2.45, 2.75) is 19.9 Å². The number of benzene rings is 1. The van der Waals surface area contributed by atoms with E-state index >= 15 is 0 Å². The van der Waals surface area contributed by atoms with Gasteiger partial charge in [-0.2, -0.15) is 5.48 Å². The third-order valence-electron chi connectivity index (χ3n) is 2.41. The van der Waals surface area contributed by atoms with Crippen molar-refractivity contribution in [2.75, 3.05) is 7.11 Å². The van der Waals surface area contributed by atoms with E-state index in [1.165, 1.54) is 0 Å². The van der Waals surface area contributed by atoms with Gasteiger partial charge in [-0.25, -0.2) is 0 Å². The van der Waals surface area contributed by atoms with Gasteiger partial charge in [-0.3, -0.25) is 4.79 Å². The molecule has 0 bridgehead atoms. The average molecular weight is 223 g/mol. The summed E-state index contributed by atoms with van der Waals surface area (Å²) < 4.78 is 0. The summed E-state index contributed by atoms with van der Waals surface area (Å²) in [6.07, 6.45) is 0.563. The van der Waals surface area contributed by atoms with Gasteiger partial charge >= 0.3 is 5.97 Å². The lowest BCUT2D eigenvalue weighted by Crippen LogP contribution is -2.13. The van der Waals surface area contributed by atoms with E-state index in [0.29, 0.717) is 13.0 Å². The van der Waals surface area contributed by atoms with Crippen molar-refractivity contribution >= 4 is 5.97 Å². The minimum Gasteiger partial charge on any atom is -0.481 e. The van der Waals surface area contributed by atoms with E-state index < -0.39 is 5.97 Å². The first-order valence-corrected chi connectivity index (χ1v) is 5.20. The molecule has 0 heterocycles. The van der Waals surface area contributed by atoms with Crippen molar-refractivity contribution in [3.05, 3.63) is 35.4 Å². The van der Waals surface area contributed by atoms with Crippen LogP contribution in [0.3, 0.4) is 0 Å². The summed E-state index contributed by atoms with van der Waals surface area (Å²) in [6.45, 7) is 2.36. The van der Waals surface area contributed by atoms with Crippen molar-refractivity contribution in [2.24, 2.45) is 5.92 Å². The summed E-state index contributed by atoms with van der Waals surface area (Å²) in [6, 6.07) is 7.84. The number of hydrogen-bond acceptors (Lipinski definition) is 3. The van der Waals surface area contributed by atoms with E-state index in [-0.39, 0.29) is 5.92 Å². The van der Waals surface area contributed by atoms with Crippen LogP contribution in [0.15, 0.2) is 24.3 Å². The molecule has 0 amide bonds. The maximum Gasteiger partial charge on any atom is 0.306 e. The summed E-state index contributed by atoms with van der Waals surface area (Å²) >= 11 is 0. The molecule has 0 aliphatic carbocycles. The molecule has 1 aromatic rings. The second kappa shape index (κ2) is 6.25. The largest absolute Gasteiger partial charge is 0.481 e. The minimum atomic E-state index is -0.759. The van der Waals surface area contributed by atoms with Crippen LogP contribution in [0.25, 0.3) is 0 Å². The van der Waals surface area contributed by atoms with E-state index in [1.54, 1.807) is 14.0 Å². The van der Waals surface area contributed by atoms with Crippen LogP contribution in [0, 0.1) is 5.92 Å². The second-order valence-electron chi connectivity index (χ2n) is 3.79. The van der Waals surface area contributed by atoms with E-state index in [9.17, 15) is 4.79 Å². The number of carboxylic acids is 1. The number of aliphatic carboxylic acids is 1. The van der Waals surface area contributed by atoms with E-state index in [1.807, 2.05) is 24.3 Å². The zero-order chi connectivity index (χ0) is 12.0. The number of hydrogen-bond donors (Lipinski definition) is 2. The molecule has 1 rings (SSSR count). The lowest BCUT2D eigenvalue weighted by atomic mass is 10.0. The monoisotopic (exact) mass is 223 g/mol. The first-order chi connectivity index (χ1) is 7.63. The summed E-state index contributed by atoms with van der Waals surface area (Å²) in [5, 5.41) is 8.79. The number of nitrogens with one attached hydrogen (secondary N) is 1. The predicted molar refractivity (Wildman–Crippen MR) is 60.8 cm³/mol. The third kappa shape index (κ3) is 4.00. The Bertz CT molecular complexity index is 335. The maximum atomic E-state index is 10.7. The normalized spacial score (nSPS) is 12.4. The summed E-state index contributed by atoms with van der Waals surface area (Å²) in [5.41, 5.74) is 4.89. The van der Waals surface area contributed by atoms with Gasteiger partial charge in [-0.15, -0.1) is 0 Å². The number of carbonyl (C=O) groups is 1. The third-order valence-corrected chi connectivity index (χ3v) is 2.41. The van der Waals surface area contributed by atoms with E-state index in [2.05, 4.69) is 5.48 Å². The Balaban J connectivity index is 2.54. The quantitative estimate of drug-likeness (QED) is 0.719. The van der Waals surface area contributed by atoms with Gasteiger partial charge in [0.25, 0.3) is 0 Å². The van der Waals surface area contributed by atoms with Crippen LogP contribution in [-0.4, -0.2) is 18.2 Å². The molecule has 1 atom stereocenters. The van der Waals surface area contributed by atoms with Gasteiger partial charge in [0.15, 0.2) is 0 Å². The van der Waals surface area contributed by atoms with E-state index in [4.69, 9.17) is 9.94 Å². The number of carboxylic acid groups (broad SMARTS) is 1. The van der Waals surface area contributed by atoms with Crippen molar-refractivity contribution in [3.8, 4) is 0 Å². The van der Waals surface area contributed by atoms with Gasteiger partial charge < -0.3 is 9.94 Å². The van der Waals surface area contributed by atoms with E-state index in [0.717, 1.165) is 11.1 Å². The Kier molecular flexibility index (Phi) is 4.95. The molecule has 0 radical (unpaired) electrons. The smallest absolute Gasteiger partial charge is 0.306 e. The molecule has 1 unspecified atom stereocenters. The van der Waals surface area contributed by atoms with Gasteiger partial charge in [0.2, 0.25) is 0 Å². The minimum absolute atomic E-state index is 0.344. The molecule has 0 spiro atoms. The highest BCUT2D eigenvalue weighted by atomic mass is 16.6. The van der Waals surface area contributed by atoms with Crippen LogP contribution in [0.2, 0.25) is 0 Å². The lowest BCUT2D eigenvalue weighted by molar-refractivity contribution is -0.141. The highest BCUT2D eigenvalue weighted by Gasteiger charge is 2.11. The first-order valence-electron chi connectivity index (χ1n) is 5.20.